The Morgan fingerprint density at radius 1 is 1.03 bits per heavy atom. The van der Waals surface area contributed by atoms with Crippen molar-refractivity contribution in [3.63, 3.8) is 0 Å². The molecule has 5 nitrogen and oxygen atoms in total. The predicted molar refractivity (Wildman–Crippen MR) is 122 cm³/mol. The van der Waals surface area contributed by atoms with Gasteiger partial charge in [0.15, 0.2) is 5.65 Å². The second kappa shape index (κ2) is 9.13. The molecule has 0 aliphatic carbocycles. The zero-order valence-electron chi connectivity index (χ0n) is 18.0. The van der Waals surface area contributed by atoms with E-state index in [1.165, 1.54) is 0 Å². The number of benzene rings is 2. The molecule has 2 aromatic heterocycles. The molecule has 0 bridgehead atoms. The number of rotatable bonds is 8. The number of aryl methyl sites for hydroxylation is 2. The van der Waals surface area contributed by atoms with Crippen LogP contribution in [0.25, 0.3) is 11.2 Å². The van der Waals surface area contributed by atoms with Gasteiger partial charge in [-0.15, -0.1) is 0 Å². The molecule has 2 heterocycles. The lowest BCUT2D eigenvalue weighted by molar-refractivity contribution is -0.138. The van der Waals surface area contributed by atoms with Crippen LogP contribution in [0.3, 0.4) is 0 Å². The van der Waals surface area contributed by atoms with E-state index in [1.807, 2.05) is 54.7 Å². The molecule has 0 fully saturated rings. The normalized spacial score (nSPS) is 12.2. The van der Waals surface area contributed by atoms with Gasteiger partial charge in [0.25, 0.3) is 0 Å². The van der Waals surface area contributed by atoms with Gasteiger partial charge in [-0.1, -0.05) is 61.5 Å². The highest BCUT2D eigenvalue weighted by Gasteiger charge is 2.20. The smallest absolute Gasteiger partial charge is 0.311 e. The zero-order chi connectivity index (χ0) is 21.8. The molecule has 0 aliphatic rings. The molecule has 31 heavy (non-hydrogen) atoms. The second-order valence-corrected chi connectivity index (χ2v) is 7.99. The minimum atomic E-state index is -0.800. The number of aliphatic carboxylic acids is 1. The van der Waals surface area contributed by atoms with Crippen molar-refractivity contribution in [3.05, 3.63) is 94.9 Å². The van der Waals surface area contributed by atoms with E-state index in [-0.39, 0.29) is 0 Å². The first kappa shape index (κ1) is 20.8. The van der Waals surface area contributed by atoms with Crippen molar-refractivity contribution in [1.82, 2.24) is 14.5 Å². The Labute approximate surface area is 182 Å². The molecule has 0 radical (unpaired) electrons. The summed E-state index contributed by atoms with van der Waals surface area (Å²) in [7, 11) is 0. The topological polar surface area (TPSA) is 68.0 Å². The predicted octanol–water partition coefficient (Wildman–Crippen LogP) is 5.15. The first-order chi connectivity index (χ1) is 15.1. The van der Waals surface area contributed by atoms with E-state index in [1.54, 1.807) is 0 Å². The molecule has 1 N–H and O–H groups in total. The lowest BCUT2D eigenvalue weighted by atomic mass is 9.92. The molecule has 0 saturated carbocycles. The highest BCUT2D eigenvalue weighted by Crippen LogP contribution is 2.23. The van der Waals surface area contributed by atoms with E-state index >= 15 is 0 Å². The SMILES string of the molecule is CCCc1nc2c(C)ccnc2n1Cc1ccc(CC(C(=O)O)c2ccccc2)cc1. The van der Waals surface area contributed by atoms with E-state index in [2.05, 4.69) is 35.5 Å². The first-order valence-corrected chi connectivity index (χ1v) is 10.7. The number of nitrogens with zero attached hydrogens (tertiary/aromatic N) is 3. The van der Waals surface area contributed by atoms with Crippen LogP contribution in [0.15, 0.2) is 66.9 Å². The summed E-state index contributed by atoms with van der Waals surface area (Å²) in [6, 6.07) is 19.6. The van der Waals surface area contributed by atoms with Crippen molar-refractivity contribution in [2.75, 3.05) is 0 Å². The fourth-order valence-electron chi connectivity index (χ4n) is 4.00. The molecule has 0 spiro atoms. The van der Waals surface area contributed by atoms with E-state index in [0.29, 0.717) is 13.0 Å². The molecule has 4 aromatic rings. The first-order valence-electron chi connectivity index (χ1n) is 10.7. The van der Waals surface area contributed by atoms with Gasteiger partial charge in [0.1, 0.15) is 11.3 Å². The van der Waals surface area contributed by atoms with Crippen LogP contribution in [0, 0.1) is 6.92 Å². The summed E-state index contributed by atoms with van der Waals surface area (Å²) >= 11 is 0. The molecule has 0 aliphatic heterocycles. The average molecular weight is 414 g/mol. The third-order valence-corrected chi connectivity index (χ3v) is 5.69. The number of fused-ring (bicyclic) bond motifs is 1. The number of hydrogen-bond donors (Lipinski definition) is 1. The van der Waals surface area contributed by atoms with Crippen LogP contribution in [-0.4, -0.2) is 25.6 Å². The third-order valence-electron chi connectivity index (χ3n) is 5.69. The van der Waals surface area contributed by atoms with Crippen LogP contribution in [0.1, 0.15) is 47.3 Å². The summed E-state index contributed by atoms with van der Waals surface area (Å²) in [5.41, 5.74) is 6.01. The van der Waals surface area contributed by atoms with Crippen molar-refractivity contribution in [2.45, 2.75) is 45.6 Å². The van der Waals surface area contributed by atoms with Crippen LogP contribution < -0.4 is 0 Å². The maximum atomic E-state index is 11.8. The summed E-state index contributed by atoms with van der Waals surface area (Å²) in [6.07, 6.45) is 4.24. The van der Waals surface area contributed by atoms with Crippen molar-refractivity contribution in [2.24, 2.45) is 0 Å². The number of imidazole rings is 1. The van der Waals surface area contributed by atoms with E-state index in [9.17, 15) is 9.90 Å². The number of carbonyl (C=O) groups is 1. The van der Waals surface area contributed by atoms with Crippen LogP contribution in [0.5, 0.6) is 0 Å². The second-order valence-electron chi connectivity index (χ2n) is 7.99. The summed E-state index contributed by atoms with van der Waals surface area (Å²) in [5, 5.41) is 9.70. The molecule has 158 valence electrons. The standard InChI is InChI=1S/C26H27N3O2/c1-3-7-23-28-24-18(2)14-15-27-25(24)29(23)17-20-12-10-19(11-13-20)16-22(26(30)31)21-8-5-4-6-9-21/h4-6,8-15,22H,3,7,16-17H2,1-2H3,(H,30,31). The summed E-state index contributed by atoms with van der Waals surface area (Å²) in [5.74, 6) is -0.294. The van der Waals surface area contributed by atoms with E-state index in [4.69, 9.17) is 4.98 Å². The number of aromatic nitrogens is 3. The Bertz CT molecular complexity index is 1180. The third kappa shape index (κ3) is 4.50. The van der Waals surface area contributed by atoms with Crippen molar-refractivity contribution in [3.8, 4) is 0 Å². The molecule has 0 saturated heterocycles. The summed E-state index contributed by atoms with van der Waals surface area (Å²) < 4.78 is 2.20. The Balaban J connectivity index is 1.57. The van der Waals surface area contributed by atoms with Gasteiger partial charge in [-0.25, -0.2) is 9.97 Å². The maximum Gasteiger partial charge on any atom is 0.311 e. The fourth-order valence-corrected chi connectivity index (χ4v) is 4.00. The van der Waals surface area contributed by atoms with Gasteiger partial charge >= 0.3 is 5.97 Å². The Morgan fingerprint density at radius 2 is 1.74 bits per heavy atom. The minimum Gasteiger partial charge on any atom is -0.481 e. The average Bonchev–Trinajstić information content (AvgIpc) is 3.12. The van der Waals surface area contributed by atoms with Gasteiger partial charge in [0.2, 0.25) is 0 Å². The Kier molecular flexibility index (Phi) is 6.12. The van der Waals surface area contributed by atoms with E-state index < -0.39 is 11.9 Å². The van der Waals surface area contributed by atoms with Gasteiger partial charge in [-0.2, -0.15) is 0 Å². The number of carboxylic acid groups (broad SMARTS) is 1. The van der Waals surface area contributed by atoms with Crippen molar-refractivity contribution < 1.29 is 9.90 Å². The molecule has 1 atom stereocenters. The number of hydrogen-bond acceptors (Lipinski definition) is 3. The molecule has 4 rings (SSSR count). The van der Waals surface area contributed by atoms with Gasteiger partial charge < -0.3 is 9.67 Å². The summed E-state index contributed by atoms with van der Waals surface area (Å²) in [6.45, 7) is 4.92. The van der Waals surface area contributed by atoms with Gasteiger partial charge in [-0.3, -0.25) is 4.79 Å². The number of pyridine rings is 1. The lowest BCUT2D eigenvalue weighted by Crippen LogP contribution is -2.14. The number of carboxylic acids is 1. The van der Waals surface area contributed by atoms with Crippen LogP contribution in [0.2, 0.25) is 0 Å². The molecule has 5 heteroatoms. The molecular weight excluding hydrogens is 386 g/mol. The molecule has 2 aromatic carbocycles. The van der Waals surface area contributed by atoms with Gasteiger partial charge in [-0.05, 0) is 48.1 Å². The van der Waals surface area contributed by atoms with Crippen LogP contribution in [0.4, 0.5) is 0 Å². The maximum absolute atomic E-state index is 11.8. The Morgan fingerprint density at radius 3 is 2.42 bits per heavy atom. The fraction of sp³-hybridized carbons (Fsp3) is 0.269. The largest absolute Gasteiger partial charge is 0.481 e. The quantitative estimate of drug-likeness (QED) is 0.434. The molecule has 0 amide bonds. The minimum absolute atomic E-state index is 0.468. The van der Waals surface area contributed by atoms with Crippen molar-refractivity contribution >= 4 is 17.1 Å². The lowest BCUT2D eigenvalue weighted by Gasteiger charge is -2.14. The summed E-state index contributed by atoms with van der Waals surface area (Å²) in [4.78, 5) is 21.2. The van der Waals surface area contributed by atoms with Gasteiger partial charge in [0, 0.05) is 12.6 Å². The van der Waals surface area contributed by atoms with E-state index in [0.717, 1.165) is 52.1 Å². The van der Waals surface area contributed by atoms with Crippen LogP contribution in [-0.2, 0) is 24.2 Å². The molecule has 1 unspecified atom stereocenters. The monoisotopic (exact) mass is 413 g/mol. The highest BCUT2D eigenvalue weighted by molar-refractivity contribution is 5.76. The van der Waals surface area contributed by atoms with Crippen LogP contribution >= 0.6 is 0 Å². The highest BCUT2D eigenvalue weighted by atomic mass is 16.4. The molecular formula is C26H27N3O2. The van der Waals surface area contributed by atoms with Crippen molar-refractivity contribution in [1.29, 1.82) is 0 Å². The zero-order valence-corrected chi connectivity index (χ0v) is 18.0. The van der Waals surface area contributed by atoms with Gasteiger partial charge in [0.05, 0.1) is 12.5 Å². The Hall–Kier alpha value is -3.47.